The molecule has 6 nitrogen and oxygen atoms in total. The van der Waals surface area contributed by atoms with Crippen LogP contribution in [0, 0.1) is 25.7 Å². The lowest BCUT2D eigenvalue weighted by Crippen LogP contribution is -2.46. The van der Waals surface area contributed by atoms with Gasteiger partial charge in [0.25, 0.3) is 0 Å². The third-order valence-corrected chi connectivity index (χ3v) is 4.04. The van der Waals surface area contributed by atoms with Gasteiger partial charge >= 0.3 is 0 Å². The van der Waals surface area contributed by atoms with Crippen molar-refractivity contribution in [1.29, 1.82) is 0 Å². The van der Waals surface area contributed by atoms with Gasteiger partial charge in [0.1, 0.15) is 12.1 Å². The van der Waals surface area contributed by atoms with E-state index in [1.165, 1.54) is 0 Å². The van der Waals surface area contributed by atoms with Crippen LogP contribution in [0.4, 0.5) is 5.82 Å². The minimum absolute atomic E-state index is 0.819. The van der Waals surface area contributed by atoms with E-state index in [4.69, 9.17) is 0 Å². The summed E-state index contributed by atoms with van der Waals surface area (Å²) in [6.07, 6.45) is 1.62. The van der Waals surface area contributed by atoms with Crippen molar-refractivity contribution in [3.8, 4) is 17.7 Å². The van der Waals surface area contributed by atoms with Gasteiger partial charge in [0.05, 0.1) is 12.2 Å². The fourth-order valence-corrected chi connectivity index (χ4v) is 2.81. The van der Waals surface area contributed by atoms with Crippen LogP contribution in [0.2, 0.25) is 0 Å². The van der Waals surface area contributed by atoms with Crippen LogP contribution in [0.5, 0.6) is 0 Å². The van der Waals surface area contributed by atoms with Crippen molar-refractivity contribution >= 4 is 5.82 Å². The minimum Gasteiger partial charge on any atom is -0.354 e. The topological polar surface area (TPSA) is 50.1 Å². The first-order valence-electron chi connectivity index (χ1n) is 7.90. The summed E-state index contributed by atoms with van der Waals surface area (Å²) in [6.45, 7) is 10.7. The van der Waals surface area contributed by atoms with Crippen molar-refractivity contribution in [2.45, 2.75) is 20.8 Å². The summed E-state index contributed by atoms with van der Waals surface area (Å²) in [5.74, 6) is 7.87. The molecule has 0 bridgehead atoms. The summed E-state index contributed by atoms with van der Waals surface area (Å²) < 4.78 is 1.87. The molecule has 3 heterocycles. The van der Waals surface area contributed by atoms with Crippen molar-refractivity contribution in [1.82, 2.24) is 24.6 Å². The van der Waals surface area contributed by atoms with Gasteiger partial charge in [0.15, 0.2) is 5.82 Å². The molecule has 0 radical (unpaired) electrons. The van der Waals surface area contributed by atoms with Crippen molar-refractivity contribution in [2.75, 3.05) is 37.6 Å². The summed E-state index contributed by atoms with van der Waals surface area (Å²) in [6, 6.07) is 4.07. The molecule has 6 heteroatoms. The maximum Gasteiger partial charge on any atom is 0.159 e. The molecular weight excluding hydrogens is 288 g/mol. The molecule has 23 heavy (non-hydrogen) atoms. The van der Waals surface area contributed by atoms with E-state index in [0.29, 0.717) is 0 Å². The molecule has 0 atom stereocenters. The molecule has 0 aliphatic carbocycles. The van der Waals surface area contributed by atoms with E-state index < -0.39 is 0 Å². The van der Waals surface area contributed by atoms with Crippen LogP contribution in [-0.2, 0) is 0 Å². The van der Waals surface area contributed by atoms with Crippen LogP contribution >= 0.6 is 0 Å². The smallest absolute Gasteiger partial charge is 0.159 e. The first-order valence-corrected chi connectivity index (χ1v) is 7.90. The van der Waals surface area contributed by atoms with Crippen LogP contribution in [0.15, 0.2) is 18.5 Å². The van der Waals surface area contributed by atoms with Crippen LogP contribution in [0.25, 0.3) is 5.82 Å². The molecule has 0 spiro atoms. The summed E-state index contributed by atoms with van der Waals surface area (Å²) in [5.41, 5.74) is 2.07. The molecular formula is C17H22N6. The van der Waals surface area contributed by atoms with Gasteiger partial charge in [0.2, 0.25) is 0 Å². The van der Waals surface area contributed by atoms with Gasteiger partial charge in [-0.2, -0.15) is 5.10 Å². The van der Waals surface area contributed by atoms with E-state index in [1.54, 1.807) is 6.33 Å². The summed E-state index contributed by atoms with van der Waals surface area (Å²) in [4.78, 5) is 13.5. The van der Waals surface area contributed by atoms with Gasteiger partial charge in [0, 0.05) is 37.9 Å². The normalized spacial score (nSPS) is 15.3. The van der Waals surface area contributed by atoms with E-state index in [9.17, 15) is 0 Å². The average molecular weight is 310 g/mol. The molecule has 1 saturated heterocycles. The number of piperazine rings is 1. The highest BCUT2D eigenvalue weighted by Gasteiger charge is 2.18. The van der Waals surface area contributed by atoms with Crippen LogP contribution in [-0.4, -0.2) is 57.4 Å². The van der Waals surface area contributed by atoms with Gasteiger partial charge in [-0.05, 0) is 26.8 Å². The van der Waals surface area contributed by atoms with E-state index in [1.807, 2.05) is 31.5 Å². The number of hydrogen-bond donors (Lipinski definition) is 0. The van der Waals surface area contributed by atoms with E-state index in [0.717, 1.165) is 55.7 Å². The lowest BCUT2D eigenvalue weighted by atomic mass is 10.3. The summed E-state index contributed by atoms with van der Waals surface area (Å²) >= 11 is 0. The number of hydrogen-bond acceptors (Lipinski definition) is 5. The molecule has 3 rings (SSSR count). The van der Waals surface area contributed by atoms with Gasteiger partial charge in [-0.1, -0.05) is 5.92 Å². The van der Waals surface area contributed by atoms with Gasteiger partial charge in [-0.3, -0.25) is 4.90 Å². The maximum atomic E-state index is 4.50. The van der Waals surface area contributed by atoms with Gasteiger partial charge < -0.3 is 4.90 Å². The molecule has 0 amide bonds. The Kier molecular flexibility index (Phi) is 4.58. The van der Waals surface area contributed by atoms with E-state index in [-0.39, 0.29) is 0 Å². The zero-order valence-corrected chi connectivity index (χ0v) is 14.0. The van der Waals surface area contributed by atoms with Gasteiger partial charge in [-0.15, -0.1) is 5.92 Å². The number of aromatic nitrogens is 4. The molecule has 2 aromatic rings. The van der Waals surface area contributed by atoms with Crippen molar-refractivity contribution in [3.63, 3.8) is 0 Å². The van der Waals surface area contributed by atoms with Crippen LogP contribution in [0.1, 0.15) is 18.3 Å². The largest absolute Gasteiger partial charge is 0.354 e. The zero-order chi connectivity index (χ0) is 16.2. The van der Waals surface area contributed by atoms with Crippen LogP contribution < -0.4 is 4.90 Å². The quantitative estimate of drug-likeness (QED) is 0.803. The average Bonchev–Trinajstić information content (AvgIpc) is 2.92. The second-order valence-electron chi connectivity index (χ2n) is 5.76. The van der Waals surface area contributed by atoms with Crippen molar-refractivity contribution < 1.29 is 0 Å². The second kappa shape index (κ2) is 6.80. The second-order valence-corrected chi connectivity index (χ2v) is 5.76. The molecule has 2 aromatic heterocycles. The molecule has 1 aliphatic rings. The molecule has 1 fully saturated rings. The molecule has 0 aromatic carbocycles. The van der Waals surface area contributed by atoms with Crippen molar-refractivity contribution in [2.24, 2.45) is 0 Å². The Labute approximate surface area is 137 Å². The van der Waals surface area contributed by atoms with E-state index >= 15 is 0 Å². The monoisotopic (exact) mass is 310 g/mol. The van der Waals surface area contributed by atoms with Crippen LogP contribution in [0.3, 0.4) is 0 Å². The highest BCUT2D eigenvalue weighted by molar-refractivity contribution is 5.44. The highest BCUT2D eigenvalue weighted by Crippen LogP contribution is 2.17. The first kappa shape index (κ1) is 15.5. The summed E-state index contributed by atoms with van der Waals surface area (Å²) in [7, 11) is 0. The Hall–Kier alpha value is -2.39. The minimum atomic E-state index is 0.819. The molecule has 0 saturated carbocycles. The Balaban J connectivity index is 1.73. The number of anilines is 1. The third kappa shape index (κ3) is 3.51. The fourth-order valence-electron chi connectivity index (χ4n) is 2.81. The lowest BCUT2D eigenvalue weighted by Gasteiger charge is -2.34. The maximum absolute atomic E-state index is 4.50. The number of rotatable bonds is 3. The Bertz CT molecular complexity index is 731. The predicted octanol–water partition coefficient (Wildman–Crippen LogP) is 1.42. The van der Waals surface area contributed by atoms with Gasteiger partial charge in [-0.25, -0.2) is 14.6 Å². The standard InChI is InChI=1S/C17H22N6/c1-4-5-6-21-7-9-22(10-8-21)16-12-17(19-13-18-16)23-15(3)11-14(2)20-23/h11-13H,6-10H2,1-3H3. The molecule has 0 N–H and O–H groups in total. The highest BCUT2D eigenvalue weighted by atomic mass is 15.3. The third-order valence-electron chi connectivity index (χ3n) is 4.04. The SMILES string of the molecule is CC#CCN1CCN(c2cc(-n3nc(C)cc3C)ncn2)CC1. The number of nitrogens with zero attached hydrogens (tertiary/aromatic N) is 6. The molecule has 120 valence electrons. The predicted molar refractivity (Wildman–Crippen MR) is 90.7 cm³/mol. The molecule has 1 aliphatic heterocycles. The van der Waals surface area contributed by atoms with E-state index in [2.05, 4.69) is 42.8 Å². The zero-order valence-electron chi connectivity index (χ0n) is 14.0. The van der Waals surface area contributed by atoms with Crippen molar-refractivity contribution in [3.05, 3.63) is 29.8 Å². The number of aryl methyl sites for hydroxylation is 2. The lowest BCUT2D eigenvalue weighted by molar-refractivity contribution is 0.287. The Morgan fingerprint density at radius 2 is 1.78 bits per heavy atom. The molecule has 0 unspecified atom stereocenters. The summed E-state index contributed by atoms with van der Waals surface area (Å²) in [5, 5.41) is 4.50. The first-order chi connectivity index (χ1) is 11.2. The Morgan fingerprint density at radius 1 is 1.04 bits per heavy atom. The fraction of sp³-hybridized carbons (Fsp3) is 0.471. The Morgan fingerprint density at radius 3 is 2.43 bits per heavy atom.